The summed E-state index contributed by atoms with van der Waals surface area (Å²) in [5.74, 6) is 0.708. The van der Waals surface area contributed by atoms with Crippen LogP contribution in [0.4, 0.5) is 4.39 Å². The largest absolute Gasteiger partial charge is 0.330 e. The van der Waals surface area contributed by atoms with Crippen LogP contribution in [0.2, 0.25) is 0 Å². The average molecular weight is 342 g/mol. The van der Waals surface area contributed by atoms with Crippen molar-refractivity contribution in [2.75, 3.05) is 6.54 Å². The molecule has 1 saturated carbocycles. The molecule has 0 heterocycles. The molecular weight excluding hydrogens is 317 g/mol. The van der Waals surface area contributed by atoms with Gasteiger partial charge in [0, 0.05) is 4.47 Å². The maximum Gasteiger partial charge on any atom is 0.124 e. The molecule has 1 aromatic rings. The van der Waals surface area contributed by atoms with E-state index < -0.39 is 0 Å². The van der Waals surface area contributed by atoms with Gasteiger partial charge in [-0.3, -0.25) is 0 Å². The quantitative estimate of drug-likeness (QED) is 0.795. The fourth-order valence-corrected chi connectivity index (χ4v) is 4.10. The maximum absolute atomic E-state index is 13.5. The van der Waals surface area contributed by atoms with Crippen molar-refractivity contribution in [1.29, 1.82) is 0 Å². The monoisotopic (exact) mass is 341 g/mol. The van der Waals surface area contributed by atoms with Gasteiger partial charge in [-0.05, 0) is 73.7 Å². The number of benzene rings is 1. The second kappa shape index (κ2) is 7.04. The molecule has 2 rings (SSSR count). The Kier molecular flexibility index (Phi) is 5.62. The highest BCUT2D eigenvalue weighted by molar-refractivity contribution is 9.10. The Morgan fingerprint density at radius 1 is 1.30 bits per heavy atom. The van der Waals surface area contributed by atoms with Crippen LogP contribution >= 0.6 is 15.9 Å². The number of rotatable bonds is 5. The van der Waals surface area contributed by atoms with Gasteiger partial charge in [0.25, 0.3) is 0 Å². The van der Waals surface area contributed by atoms with Gasteiger partial charge in [-0.2, -0.15) is 0 Å². The second-order valence-corrected chi connectivity index (χ2v) is 7.31. The first kappa shape index (κ1) is 16.0. The van der Waals surface area contributed by atoms with Crippen molar-refractivity contribution < 1.29 is 4.39 Å². The summed E-state index contributed by atoms with van der Waals surface area (Å²) in [4.78, 5) is 0. The lowest BCUT2D eigenvalue weighted by Gasteiger charge is -2.40. The van der Waals surface area contributed by atoms with E-state index in [4.69, 9.17) is 5.73 Å². The summed E-state index contributed by atoms with van der Waals surface area (Å²) in [7, 11) is 0. The Morgan fingerprint density at radius 2 is 2.00 bits per heavy atom. The van der Waals surface area contributed by atoms with E-state index >= 15 is 0 Å². The van der Waals surface area contributed by atoms with Crippen molar-refractivity contribution in [2.45, 2.75) is 51.9 Å². The van der Waals surface area contributed by atoms with E-state index in [2.05, 4.69) is 22.9 Å². The Morgan fingerprint density at radius 3 is 2.55 bits per heavy atom. The second-order valence-electron chi connectivity index (χ2n) is 6.39. The summed E-state index contributed by atoms with van der Waals surface area (Å²) >= 11 is 3.38. The molecular formula is C17H25BrFN. The van der Waals surface area contributed by atoms with Crippen LogP contribution in [0.15, 0.2) is 22.7 Å². The van der Waals surface area contributed by atoms with Crippen LogP contribution < -0.4 is 5.73 Å². The van der Waals surface area contributed by atoms with Crippen molar-refractivity contribution >= 4 is 15.9 Å². The zero-order chi connectivity index (χ0) is 14.6. The molecule has 1 aromatic carbocycles. The minimum atomic E-state index is -0.166. The predicted molar refractivity (Wildman–Crippen MR) is 86.2 cm³/mol. The number of hydrogen-bond acceptors (Lipinski definition) is 1. The molecule has 0 aliphatic heterocycles. The molecule has 0 bridgehead atoms. The minimum absolute atomic E-state index is 0.166. The molecule has 1 aliphatic carbocycles. The van der Waals surface area contributed by atoms with Gasteiger partial charge in [-0.1, -0.05) is 35.7 Å². The molecule has 112 valence electrons. The van der Waals surface area contributed by atoms with Crippen LogP contribution in [0.1, 0.15) is 51.0 Å². The Bertz CT molecular complexity index is 418. The molecule has 2 N–H and O–H groups in total. The fourth-order valence-electron chi connectivity index (χ4n) is 3.59. The molecule has 0 aromatic heterocycles. The molecule has 3 heteroatoms. The molecule has 0 atom stereocenters. The first-order chi connectivity index (χ1) is 9.57. The van der Waals surface area contributed by atoms with Gasteiger partial charge < -0.3 is 5.73 Å². The van der Waals surface area contributed by atoms with Crippen molar-refractivity contribution in [2.24, 2.45) is 17.1 Å². The number of nitrogens with two attached hydrogens (primary N) is 1. The van der Waals surface area contributed by atoms with Crippen molar-refractivity contribution in [3.8, 4) is 0 Å². The van der Waals surface area contributed by atoms with Gasteiger partial charge in [0.15, 0.2) is 0 Å². The summed E-state index contributed by atoms with van der Waals surface area (Å²) in [5.41, 5.74) is 7.32. The van der Waals surface area contributed by atoms with E-state index in [0.29, 0.717) is 6.54 Å². The first-order valence-corrected chi connectivity index (χ1v) is 8.51. The van der Waals surface area contributed by atoms with E-state index in [9.17, 15) is 4.39 Å². The van der Waals surface area contributed by atoms with Crippen LogP contribution in [-0.4, -0.2) is 6.54 Å². The topological polar surface area (TPSA) is 26.0 Å². The van der Waals surface area contributed by atoms with Gasteiger partial charge in [0.2, 0.25) is 0 Å². The highest BCUT2D eigenvalue weighted by Gasteiger charge is 2.34. The third kappa shape index (κ3) is 4.05. The van der Waals surface area contributed by atoms with Crippen LogP contribution in [0.3, 0.4) is 0 Å². The SMILES string of the molecule is CCCC1CCC(CN)(Cc2cc(F)cc(Br)c2)CC1. The minimum Gasteiger partial charge on any atom is -0.330 e. The summed E-state index contributed by atoms with van der Waals surface area (Å²) < 4.78 is 14.3. The normalized spacial score (nSPS) is 26.7. The molecule has 0 amide bonds. The third-order valence-corrected chi connectivity index (χ3v) is 5.26. The zero-order valence-electron chi connectivity index (χ0n) is 12.3. The van der Waals surface area contributed by atoms with Crippen LogP contribution in [0.25, 0.3) is 0 Å². The molecule has 20 heavy (non-hydrogen) atoms. The van der Waals surface area contributed by atoms with Gasteiger partial charge in [0.1, 0.15) is 5.82 Å². The Labute approximate surface area is 130 Å². The lowest BCUT2D eigenvalue weighted by Crippen LogP contribution is -2.36. The average Bonchev–Trinajstić information content (AvgIpc) is 2.40. The molecule has 1 nitrogen and oxygen atoms in total. The van der Waals surface area contributed by atoms with E-state index in [1.807, 2.05) is 6.07 Å². The highest BCUT2D eigenvalue weighted by atomic mass is 79.9. The van der Waals surface area contributed by atoms with Gasteiger partial charge >= 0.3 is 0 Å². The van der Waals surface area contributed by atoms with E-state index in [1.54, 1.807) is 6.07 Å². The zero-order valence-corrected chi connectivity index (χ0v) is 13.9. The molecule has 0 unspecified atom stereocenters. The maximum atomic E-state index is 13.5. The standard InChI is InChI=1S/C17H25BrFN/c1-2-3-13-4-6-17(12-20,7-5-13)11-14-8-15(18)10-16(19)9-14/h8-10,13H,2-7,11-12,20H2,1H3. The van der Waals surface area contributed by atoms with Gasteiger partial charge in [-0.15, -0.1) is 0 Å². The van der Waals surface area contributed by atoms with Crippen molar-refractivity contribution in [3.63, 3.8) is 0 Å². The summed E-state index contributed by atoms with van der Waals surface area (Å²) in [6.45, 7) is 2.97. The van der Waals surface area contributed by atoms with Crippen LogP contribution in [0, 0.1) is 17.2 Å². The van der Waals surface area contributed by atoms with Gasteiger partial charge in [0.05, 0.1) is 0 Å². The summed E-state index contributed by atoms with van der Waals surface area (Å²) in [6, 6.07) is 5.19. The lowest BCUT2D eigenvalue weighted by atomic mass is 9.67. The first-order valence-electron chi connectivity index (χ1n) is 7.72. The fraction of sp³-hybridized carbons (Fsp3) is 0.647. The van der Waals surface area contributed by atoms with Crippen LogP contribution in [0.5, 0.6) is 0 Å². The molecule has 1 aliphatic rings. The summed E-state index contributed by atoms with van der Waals surface area (Å²) in [6.07, 6.45) is 8.44. The van der Waals surface area contributed by atoms with E-state index in [1.165, 1.54) is 44.6 Å². The summed E-state index contributed by atoms with van der Waals surface area (Å²) in [5, 5.41) is 0. The number of hydrogen-bond donors (Lipinski definition) is 1. The molecule has 1 fully saturated rings. The highest BCUT2D eigenvalue weighted by Crippen LogP contribution is 2.42. The Balaban J connectivity index is 2.05. The molecule has 0 spiro atoms. The Hall–Kier alpha value is -0.410. The third-order valence-electron chi connectivity index (χ3n) is 4.80. The molecule has 0 radical (unpaired) electrons. The smallest absolute Gasteiger partial charge is 0.124 e. The number of halogens is 2. The van der Waals surface area contributed by atoms with E-state index in [0.717, 1.165) is 22.4 Å². The predicted octanol–water partition coefficient (Wildman–Crippen LogP) is 5.07. The van der Waals surface area contributed by atoms with Crippen LogP contribution in [-0.2, 0) is 6.42 Å². The van der Waals surface area contributed by atoms with Gasteiger partial charge in [-0.25, -0.2) is 4.39 Å². The molecule has 0 saturated heterocycles. The van der Waals surface area contributed by atoms with E-state index in [-0.39, 0.29) is 11.2 Å². The van der Waals surface area contributed by atoms with Crippen molar-refractivity contribution in [3.05, 3.63) is 34.1 Å². The lowest BCUT2D eigenvalue weighted by molar-refractivity contribution is 0.150. The van der Waals surface area contributed by atoms with Crippen molar-refractivity contribution in [1.82, 2.24) is 0 Å².